The third-order valence-electron chi connectivity index (χ3n) is 4.24. The van der Waals surface area contributed by atoms with Gasteiger partial charge in [0.05, 0.1) is 18.9 Å². The zero-order valence-corrected chi connectivity index (χ0v) is 11.4. The summed E-state index contributed by atoms with van der Waals surface area (Å²) in [5, 5.41) is 10.7. The van der Waals surface area contributed by atoms with Gasteiger partial charge in [-0.1, -0.05) is 19.8 Å². The van der Waals surface area contributed by atoms with Crippen molar-refractivity contribution >= 4 is 0 Å². The molecule has 1 N–H and O–H groups in total. The predicted octanol–water partition coefficient (Wildman–Crippen LogP) is 3.48. The summed E-state index contributed by atoms with van der Waals surface area (Å²) in [5.74, 6) is 0.748. The molecule has 0 bridgehead atoms. The molecule has 0 aliphatic heterocycles. The van der Waals surface area contributed by atoms with Crippen LogP contribution in [0.2, 0.25) is 0 Å². The molecule has 1 saturated carbocycles. The molecule has 0 amide bonds. The van der Waals surface area contributed by atoms with Crippen LogP contribution in [0.3, 0.4) is 0 Å². The molecule has 1 unspecified atom stereocenters. The lowest BCUT2D eigenvalue weighted by molar-refractivity contribution is 0.0233. The van der Waals surface area contributed by atoms with Gasteiger partial charge in [0, 0.05) is 17.2 Å². The van der Waals surface area contributed by atoms with Crippen molar-refractivity contribution < 1.29 is 9.84 Å². The Labute approximate surface area is 109 Å². The van der Waals surface area contributed by atoms with Crippen LogP contribution in [-0.4, -0.2) is 16.7 Å². The van der Waals surface area contributed by atoms with Gasteiger partial charge in [0.25, 0.3) is 0 Å². The number of rotatable bonds is 5. The van der Waals surface area contributed by atoms with E-state index in [-0.39, 0.29) is 5.41 Å². The lowest BCUT2D eigenvalue weighted by Crippen LogP contribution is -2.25. The van der Waals surface area contributed by atoms with E-state index in [0.29, 0.717) is 6.61 Å². The largest absolute Gasteiger partial charge is 0.492 e. The standard InChI is InChI=1S/C15H23NO2/c1-3-15(7-5-6-8-15)14(17)12-9-13(18-4-2)11-16-10-12/h9-11,14,17H,3-8H2,1-2H3. The number of hydrogen-bond acceptors (Lipinski definition) is 3. The molecule has 0 aromatic carbocycles. The van der Waals surface area contributed by atoms with Gasteiger partial charge < -0.3 is 9.84 Å². The Hall–Kier alpha value is -1.09. The van der Waals surface area contributed by atoms with Gasteiger partial charge in [-0.05, 0) is 32.3 Å². The van der Waals surface area contributed by atoms with E-state index in [0.717, 1.165) is 30.6 Å². The minimum absolute atomic E-state index is 0.0481. The molecule has 3 nitrogen and oxygen atoms in total. The highest BCUT2D eigenvalue weighted by Crippen LogP contribution is 2.50. The molecule has 3 heteroatoms. The number of hydrogen-bond donors (Lipinski definition) is 1. The predicted molar refractivity (Wildman–Crippen MR) is 71.6 cm³/mol. The molecule has 1 fully saturated rings. The van der Waals surface area contributed by atoms with E-state index in [9.17, 15) is 5.11 Å². The summed E-state index contributed by atoms with van der Waals surface area (Å²) in [5.41, 5.74) is 0.941. The Morgan fingerprint density at radius 3 is 2.67 bits per heavy atom. The smallest absolute Gasteiger partial charge is 0.137 e. The van der Waals surface area contributed by atoms with Gasteiger partial charge in [0.1, 0.15) is 5.75 Å². The molecule has 0 radical (unpaired) electrons. The first-order valence-electron chi connectivity index (χ1n) is 6.97. The molecule has 1 aliphatic carbocycles. The highest BCUT2D eigenvalue weighted by Gasteiger charge is 2.39. The van der Waals surface area contributed by atoms with Crippen molar-refractivity contribution in [1.29, 1.82) is 0 Å². The van der Waals surface area contributed by atoms with Crippen LogP contribution in [-0.2, 0) is 0 Å². The van der Waals surface area contributed by atoms with Gasteiger partial charge in [-0.15, -0.1) is 0 Å². The first kappa shape index (κ1) is 13.3. The second-order valence-corrected chi connectivity index (χ2v) is 5.21. The molecule has 1 aliphatic rings. The summed E-state index contributed by atoms with van der Waals surface area (Å²) < 4.78 is 5.45. The van der Waals surface area contributed by atoms with Gasteiger partial charge in [0.2, 0.25) is 0 Å². The Morgan fingerprint density at radius 1 is 1.33 bits per heavy atom. The molecular weight excluding hydrogens is 226 g/mol. The Morgan fingerprint density at radius 2 is 2.06 bits per heavy atom. The van der Waals surface area contributed by atoms with Gasteiger partial charge in [-0.25, -0.2) is 0 Å². The van der Waals surface area contributed by atoms with Crippen LogP contribution in [0.25, 0.3) is 0 Å². The number of ether oxygens (including phenoxy) is 1. The summed E-state index contributed by atoms with van der Waals surface area (Å²) in [7, 11) is 0. The molecule has 18 heavy (non-hydrogen) atoms. The highest BCUT2D eigenvalue weighted by atomic mass is 16.5. The fourth-order valence-corrected chi connectivity index (χ4v) is 3.08. The molecule has 0 spiro atoms. The van der Waals surface area contributed by atoms with Crippen molar-refractivity contribution in [3.63, 3.8) is 0 Å². The Bertz CT molecular complexity index is 386. The van der Waals surface area contributed by atoms with E-state index in [1.807, 2.05) is 13.0 Å². The summed E-state index contributed by atoms with van der Waals surface area (Å²) in [6.07, 6.45) is 8.75. The fourth-order valence-electron chi connectivity index (χ4n) is 3.08. The quantitative estimate of drug-likeness (QED) is 0.868. The van der Waals surface area contributed by atoms with Crippen molar-refractivity contribution in [1.82, 2.24) is 4.98 Å². The van der Waals surface area contributed by atoms with E-state index in [2.05, 4.69) is 11.9 Å². The maximum atomic E-state index is 10.7. The zero-order chi connectivity index (χ0) is 13.0. The second-order valence-electron chi connectivity index (χ2n) is 5.21. The van der Waals surface area contributed by atoms with Crippen LogP contribution in [0.4, 0.5) is 0 Å². The van der Waals surface area contributed by atoms with E-state index in [4.69, 9.17) is 4.74 Å². The van der Waals surface area contributed by atoms with E-state index < -0.39 is 6.10 Å². The highest BCUT2D eigenvalue weighted by molar-refractivity contribution is 5.26. The van der Waals surface area contributed by atoms with Crippen LogP contribution < -0.4 is 4.74 Å². The Balaban J connectivity index is 2.21. The first-order chi connectivity index (χ1) is 8.72. The first-order valence-corrected chi connectivity index (χ1v) is 6.97. The van der Waals surface area contributed by atoms with E-state index in [1.165, 1.54) is 12.8 Å². The summed E-state index contributed by atoms with van der Waals surface area (Å²) in [4.78, 5) is 4.18. The number of nitrogens with zero attached hydrogens (tertiary/aromatic N) is 1. The van der Waals surface area contributed by atoms with Gasteiger partial charge in [-0.2, -0.15) is 0 Å². The molecule has 1 atom stereocenters. The lowest BCUT2D eigenvalue weighted by Gasteiger charge is -2.33. The maximum Gasteiger partial charge on any atom is 0.137 e. The van der Waals surface area contributed by atoms with E-state index in [1.54, 1.807) is 12.4 Å². The fraction of sp³-hybridized carbons (Fsp3) is 0.667. The number of aliphatic hydroxyl groups is 1. The summed E-state index contributed by atoms with van der Waals surface area (Å²) >= 11 is 0. The van der Waals surface area contributed by atoms with Crippen molar-refractivity contribution in [2.45, 2.75) is 52.1 Å². The maximum absolute atomic E-state index is 10.7. The topological polar surface area (TPSA) is 42.4 Å². The lowest BCUT2D eigenvalue weighted by atomic mass is 9.75. The molecular formula is C15H23NO2. The van der Waals surface area contributed by atoms with Crippen LogP contribution in [0.15, 0.2) is 18.5 Å². The van der Waals surface area contributed by atoms with Crippen LogP contribution >= 0.6 is 0 Å². The van der Waals surface area contributed by atoms with Crippen LogP contribution in [0.1, 0.15) is 57.6 Å². The SMILES string of the molecule is CCOc1cncc(C(O)C2(CC)CCCC2)c1. The monoisotopic (exact) mass is 249 g/mol. The average molecular weight is 249 g/mol. The van der Waals surface area contributed by atoms with Crippen molar-refractivity contribution in [2.75, 3.05) is 6.61 Å². The van der Waals surface area contributed by atoms with E-state index >= 15 is 0 Å². The van der Waals surface area contributed by atoms with Gasteiger partial charge in [-0.3, -0.25) is 4.98 Å². The van der Waals surface area contributed by atoms with Crippen molar-refractivity contribution in [3.05, 3.63) is 24.0 Å². The van der Waals surface area contributed by atoms with Crippen molar-refractivity contribution in [2.24, 2.45) is 5.41 Å². The third kappa shape index (κ3) is 2.51. The zero-order valence-electron chi connectivity index (χ0n) is 11.4. The number of aliphatic hydroxyl groups excluding tert-OH is 1. The van der Waals surface area contributed by atoms with Gasteiger partial charge >= 0.3 is 0 Å². The molecule has 0 saturated heterocycles. The molecule has 2 rings (SSSR count). The Kier molecular flexibility index (Phi) is 4.23. The minimum Gasteiger partial charge on any atom is -0.492 e. The third-order valence-corrected chi connectivity index (χ3v) is 4.24. The number of aromatic nitrogens is 1. The summed E-state index contributed by atoms with van der Waals surface area (Å²) in [6, 6.07) is 1.93. The molecule has 1 aromatic rings. The average Bonchev–Trinajstić information content (AvgIpc) is 2.88. The second kappa shape index (κ2) is 5.70. The molecule has 100 valence electrons. The number of pyridine rings is 1. The van der Waals surface area contributed by atoms with Crippen LogP contribution in [0.5, 0.6) is 5.75 Å². The van der Waals surface area contributed by atoms with Gasteiger partial charge in [0.15, 0.2) is 0 Å². The summed E-state index contributed by atoms with van der Waals surface area (Å²) in [6.45, 7) is 4.75. The normalized spacial score (nSPS) is 19.7. The van der Waals surface area contributed by atoms with Crippen molar-refractivity contribution in [3.8, 4) is 5.75 Å². The molecule has 1 heterocycles. The van der Waals surface area contributed by atoms with Crippen LogP contribution in [0, 0.1) is 5.41 Å². The molecule has 1 aromatic heterocycles. The minimum atomic E-state index is -0.419.